The zero-order valence-corrected chi connectivity index (χ0v) is 16.7. The molecule has 2 N–H and O–H groups in total. The maximum Gasteiger partial charge on any atom is 0.255 e. The van der Waals surface area contributed by atoms with E-state index in [-0.39, 0.29) is 23.9 Å². The van der Waals surface area contributed by atoms with Crippen LogP contribution in [0.2, 0.25) is 0 Å². The molecule has 0 spiro atoms. The minimum atomic E-state index is -0.319. The summed E-state index contributed by atoms with van der Waals surface area (Å²) in [7, 11) is 0. The summed E-state index contributed by atoms with van der Waals surface area (Å²) in [5, 5.41) is 2.93. The van der Waals surface area contributed by atoms with Crippen LogP contribution in [0.1, 0.15) is 36.7 Å². The summed E-state index contributed by atoms with van der Waals surface area (Å²) < 4.78 is 5.43. The number of hydrogen-bond donors (Lipinski definition) is 2. The first-order valence-corrected chi connectivity index (χ1v) is 9.50. The van der Waals surface area contributed by atoms with Crippen molar-refractivity contribution in [2.75, 3.05) is 6.61 Å². The predicted molar refractivity (Wildman–Crippen MR) is 111 cm³/mol. The number of H-pyrrole nitrogens is 1. The molecule has 7 nitrogen and oxygen atoms in total. The number of aryl methyl sites for hydroxylation is 1. The molecular formula is C22H24N4O3. The van der Waals surface area contributed by atoms with Gasteiger partial charge in [-0.3, -0.25) is 14.6 Å². The van der Waals surface area contributed by atoms with Gasteiger partial charge in [-0.05, 0) is 50.6 Å². The molecule has 0 aliphatic carbocycles. The molecule has 0 saturated carbocycles. The lowest BCUT2D eigenvalue weighted by Gasteiger charge is -2.15. The van der Waals surface area contributed by atoms with E-state index in [2.05, 4.69) is 20.3 Å². The van der Waals surface area contributed by atoms with Gasteiger partial charge in [0.05, 0.1) is 19.1 Å². The molecule has 3 rings (SSSR count). The fraction of sp³-hybridized carbons (Fsp3) is 0.273. The fourth-order valence-electron chi connectivity index (χ4n) is 3.01. The van der Waals surface area contributed by atoms with E-state index in [0.717, 1.165) is 11.3 Å². The molecule has 1 amide bonds. The molecule has 150 valence electrons. The lowest BCUT2D eigenvalue weighted by atomic mass is 10.1. The number of amides is 1. The van der Waals surface area contributed by atoms with Gasteiger partial charge >= 0.3 is 0 Å². The Morgan fingerprint density at radius 2 is 2.00 bits per heavy atom. The molecule has 1 atom stereocenters. The SMILES string of the molecule is CCOc1ccc([C@H](C)NC(=O)Cc2c(C)nc(-c3cccnc3)[nH]c2=O)cc1. The lowest BCUT2D eigenvalue weighted by molar-refractivity contribution is -0.121. The van der Waals surface area contributed by atoms with Crippen molar-refractivity contribution in [2.45, 2.75) is 33.2 Å². The van der Waals surface area contributed by atoms with Crippen LogP contribution in [-0.4, -0.2) is 27.5 Å². The molecule has 7 heteroatoms. The van der Waals surface area contributed by atoms with Crippen LogP contribution in [-0.2, 0) is 11.2 Å². The van der Waals surface area contributed by atoms with Gasteiger partial charge in [-0.25, -0.2) is 4.98 Å². The molecule has 29 heavy (non-hydrogen) atoms. The first kappa shape index (κ1) is 20.3. The molecule has 0 aliphatic rings. The van der Waals surface area contributed by atoms with E-state index in [9.17, 15) is 9.59 Å². The quantitative estimate of drug-likeness (QED) is 0.644. The van der Waals surface area contributed by atoms with Crippen molar-refractivity contribution in [3.8, 4) is 17.1 Å². The molecule has 2 aromatic heterocycles. The molecule has 0 saturated heterocycles. The second kappa shape index (κ2) is 9.14. The average Bonchev–Trinajstić information content (AvgIpc) is 2.72. The summed E-state index contributed by atoms with van der Waals surface area (Å²) >= 11 is 0. The summed E-state index contributed by atoms with van der Waals surface area (Å²) in [6.07, 6.45) is 3.24. The van der Waals surface area contributed by atoms with Crippen molar-refractivity contribution >= 4 is 5.91 Å². The van der Waals surface area contributed by atoms with Crippen LogP contribution in [0.3, 0.4) is 0 Å². The highest BCUT2D eigenvalue weighted by molar-refractivity contribution is 5.79. The molecule has 0 fully saturated rings. The van der Waals surface area contributed by atoms with Crippen molar-refractivity contribution < 1.29 is 9.53 Å². The highest BCUT2D eigenvalue weighted by atomic mass is 16.5. The van der Waals surface area contributed by atoms with Crippen molar-refractivity contribution in [3.05, 3.63) is 76.0 Å². The Labute approximate surface area is 169 Å². The predicted octanol–water partition coefficient (Wildman–Crippen LogP) is 2.96. The van der Waals surface area contributed by atoms with Gasteiger partial charge in [0.25, 0.3) is 5.56 Å². The second-order valence-corrected chi connectivity index (χ2v) is 6.69. The number of hydrogen-bond acceptors (Lipinski definition) is 5. The average molecular weight is 392 g/mol. The van der Waals surface area contributed by atoms with Crippen molar-refractivity contribution in [1.29, 1.82) is 0 Å². The number of aromatic nitrogens is 3. The third kappa shape index (κ3) is 5.07. The van der Waals surface area contributed by atoms with Crippen LogP contribution in [0.15, 0.2) is 53.6 Å². The standard InChI is InChI=1S/C22H24N4O3/c1-4-29-18-9-7-16(8-10-18)14(2)24-20(27)12-19-15(3)25-21(26-22(19)28)17-6-5-11-23-13-17/h5-11,13-14H,4,12H2,1-3H3,(H,24,27)(H,25,26,28)/t14-/m0/s1. The number of nitrogens with one attached hydrogen (secondary N) is 2. The van der Waals surface area contributed by atoms with Crippen LogP contribution in [0.4, 0.5) is 0 Å². The summed E-state index contributed by atoms with van der Waals surface area (Å²) in [4.78, 5) is 36.2. The zero-order valence-electron chi connectivity index (χ0n) is 16.7. The third-order valence-electron chi connectivity index (χ3n) is 4.56. The van der Waals surface area contributed by atoms with Crippen molar-refractivity contribution in [3.63, 3.8) is 0 Å². The summed E-state index contributed by atoms with van der Waals surface area (Å²) in [6, 6.07) is 11.0. The van der Waals surface area contributed by atoms with Crippen LogP contribution >= 0.6 is 0 Å². The zero-order chi connectivity index (χ0) is 20.8. The normalized spacial score (nSPS) is 11.7. The maximum atomic E-state index is 12.5. The molecule has 0 aliphatic heterocycles. The number of pyridine rings is 1. The topological polar surface area (TPSA) is 97.0 Å². The molecule has 2 heterocycles. The number of aromatic amines is 1. The van der Waals surface area contributed by atoms with E-state index in [1.54, 1.807) is 25.4 Å². The van der Waals surface area contributed by atoms with Crippen LogP contribution < -0.4 is 15.6 Å². The Morgan fingerprint density at radius 1 is 1.24 bits per heavy atom. The van der Waals surface area contributed by atoms with E-state index < -0.39 is 0 Å². The van der Waals surface area contributed by atoms with E-state index in [1.807, 2.05) is 44.2 Å². The highest BCUT2D eigenvalue weighted by Crippen LogP contribution is 2.18. The van der Waals surface area contributed by atoms with Gasteiger partial charge in [-0.15, -0.1) is 0 Å². The Bertz CT molecular complexity index is 1030. The van der Waals surface area contributed by atoms with Gasteiger partial charge in [0, 0.05) is 29.2 Å². The number of rotatable bonds is 7. The number of nitrogens with zero attached hydrogens (tertiary/aromatic N) is 2. The number of benzene rings is 1. The Morgan fingerprint density at radius 3 is 2.62 bits per heavy atom. The van der Waals surface area contributed by atoms with Gasteiger partial charge in [0.2, 0.25) is 5.91 Å². The first-order chi connectivity index (χ1) is 14.0. The largest absolute Gasteiger partial charge is 0.494 e. The van der Waals surface area contributed by atoms with Gasteiger partial charge in [-0.2, -0.15) is 0 Å². The summed E-state index contributed by atoms with van der Waals surface area (Å²) in [5.41, 5.74) is 2.23. The maximum absolute atomic E-state index is 12.5. The van der Waals surface area contributed by atoms with Gasteiger partial charge in [-0.1, -0.05) is 12.1 Å². The van der Waals surface area contributed by atoms with Gasteiger partial charge < -0.3 is 15.0 Å². The van der Waals surface area contributed by atoms with Crippen molar-refractivity contribution in [1.82, 2.24) is 20.3 Å². The minimum absolute atomic E-state index is 0.0388. The van der Waals surface area contributed by atoms with E-state index in [1.165, 1.54) is 0 Å². The van der Waals surface area contributed by atoms with E-state index >= 15 is 0 Å². The number of ether oxygens (including phenoxy) is 1. The van der Waals surface area contributed by atoms with Gasteiger partial charge in [0.1, 0.15) is 11.6 Å². The minimum Gasteiger partial charge on any atom is -0.494 e. The molecule has 3 aromatic rings. The van der Waals surface area contributed by atoms with E-state index in [4.69, 9.17) is 4.74 Å². The molecule has 0 radical (unpaired) electrons. The molecule has 0 bridgehead atoms. The van der Waals surface area contributed by atoms with Crippen LogP contribution in [0.25, 0.3) is 11.4 Å². The van der Waals surface area contributed by atoms with Gasteiger partial charge in [0.15, 0.2) is 0 Å². The fourth-order valence-corrected chi connectivity index (χ4v) is 3.01. The summed E-state index contributed by atoms with van der Waals surface area (Å²) in [5.74, 6) is 0.986. The smallest absolute Gasteiger partial charge is 0.255 e. The van der Waals surface area contributed by atoms with Crippen LogP contribution in [0.5, 0.6) is 5.75 Å². The first-order valence-electron chi connectivity index (χ1n) is 9.50. The van der Waals surface area contributed by atoms with Crippen molar-refractivity contribution in [2.24, 2.45) is 0 Å². The summed E-state index contributed by atoms with van der Waals surface area (Å²) in [6.45, 7) is 6.16. The third-order valence-corrected chi connectivity index (χ3v) is 4.56. The van der Waals surface area contributed by atoms with Crippen LogP contribution in [0, 0.1) is 6.92 Å². The Hall–Kier alpha value is -3.48. The molecular weight excluding hydrogens is 368 g/mol. The number of carbonyl (C=O) groups is 1. The molecule has 0 unspecified atom stereocenters. The Kier molecular flexibility index (Phi) is 6.39. The number of carbonyl (C=O) groups excluding carboxylic acids is 1. The monoisotopic (exact) mass is 392 g/mol. The second-order valence-electron chi connectivity index (χ2n) is 6.69. The Balaban J connectivity index is 1.69. The molecule has 1 aromatic carbocycles. The van der Waals surface area contributed by atoms with E-state index in [0.29, 0.717) is 29.3 Å². The highest BCUT2D eigenvalue weighted by Gasteiger charge is 2.16. The lowest BCUT2D eigenvalue weighted by Crippen LogP contribution is -2.31.